The number of anilines is 2. The second kappa shape index (κ2) is 4.57. The first-order chi connectivity index (χ1) is 9.19. The second-order valence-electron chi connectivity index (χ2n) is 5.06. The quantitative estimate of drug-likeness (QED) is 0.806. The topological polar surface area (TPSA) is 75.0 Å². The summed E-state index contributed by atoms with van der Waals surface area (Å²) in [7, 11) is 0. The Hall–Kier alpha value is -2.04. The molecule has 5 nitrogen and oxygen atoms in total. The first-order valence-corrected chi connectivity index (χ1v) is 6.75. The predicted octanol–water partition coefficient (Wildman–Crippen LogP) is 1.88. The van der Waals surface area contributed by atoms with E-state index in [2.05, 4.69) is 21.8 Å². The molecule has 100 valence electrons. The Labute approximate surface area is 111 Å². The van der Waals surface area contributed by atoms with E-state index in [0.717, 1.165) is 19.4 Å². The van der Waals surface area contributed by atoms with Gasteiger partial charge in [0.15, 0.2) is 0 Å². The van der Waals surface area contributed by atoms with Crippen molar-refractivity contribution >= 4 is 22.5 Å². The van der Waals surface area contributed by atoms with Crippen molar-refractivity contribution in [2.45, 2.75) is 32.2 Å². The Bertz CT molecular complexity index is 664. The highest BCUT2D eigenvalue weighted by Crippen LogP contribution is 2.24. The summed E-state index contributed by atoms with van der Waals surface area (Å²) in [5.74, 6) is 0.687. The predicted molar refractivity (Wildman–Crippen MR) is 77.4 cm³/mol. The number of hydrogen-bond donors (Lipinski definition) is 2. The van der Waals surface area contributed by atoms with Crippen LogP contribution in [0, 0.1) is 0 Å². The monoisotopic (exact) mass is 258 g/mol. The Morgan fingerprint density at radius 2 is 2.37 bits per heavy atom. The number of nitrogen functional groups attached to an aromatic ring is 1. The first kappa shape index (κ1) is 12.0. The van der Waals surface area contributed by atoms with E-state index >= 15 is 0 Å². The van der Waals surface area contributed by atoms with Crippen LogP contribution in [0.3, 0.4) is 0 Å². The van der Waals surface area contributed by atoms with Crippen LogP contribution in [0.4, 0.5) is 11.6 Å². The zero-order chi connectivity index (χ0) is 13.4. The van der Waals surface area contributed by atoms with E-state index in [1.54, 1.807) is 18.2 Å². The minimum atomic E-state index is -0.117. The molecule has 5 heteroatoms. The third-order valence-electron chi connectivity index (χ3n) is 3.84. The van der Waals surface area contributed by atoms with Gasteiger partial charge in [-0.25, -0.2) is 4.98 Å². The van der Waals surface area contributed by atoms with Gasteiger partial charge in [0.25, 0.3) is 5.56 Å². The smallest absolute Gasteiger partial charge is 0.260 e. The molecule has 2 aromatic rings. The van der Waals surface area contributed by atoms with E-state index in [-0.39, 0.29) is 5.56 Å². The molecule has 0 bridgehead atoms. The first-order valence-electron chi connectivity index (χ1n) is 6.75. The minimum Gasteiger partial charge on any atom is -0.399 e. The normalized spacial score (nSPS) is 19.2. The van der Waals surface area contributed by atoms with E-state index in [9.17, 15) is 4.79 Å². The summed E-state index contributed by atoms with van der Waals surface area (Å²) >= 11 is 0. The summed E-state index contributed by atoms with van der Waals surface area (Å²) < 4.78 is 0. The molecule has 1 unspecified atom stereocenters. The van der Waals surface area contributed by atoms with Gasteiger partial charge in [-0.15, -0.1) is 0 Å². The molecule has 0 aliphatic carbocycles. The van der Waals surface area contributed by atoms with Crippen molar-refractivity contribution in [1.29, 1.82) is 0 Å². The van der Waals surface area contributed by atoms with Gasteiger partial charge in [-0.2, -0.15) is 0 Å². The van der Waals surface area contributed by atoms with E-state index in [1.807, 2.05) is 0 Å². The number of fused-ring (bicyclic) bond motifs is 1. The lowest BCUT2D eigenvalue weighted by molar-refractivity contribution is 0.634. The van der Waals surface area contributed by atoms with Crippen molar-refractivity contribution in [2.75, 3.05) is 17.2 Å². The number of nitrogens with one attached hydrogen (secondary N) is 1. The molecular weight excluding hydrogens is 240 g/mol. The van der Waals surface area contributed by atoms with Gasteiger partial charge in [0, 0.05) is 18.3 Å². The minimum absolute atomic E-state index is 0.117. The molecule has 1 aromatic carbocycles. The highest BCUT2D eigenvalue weighted by atomic mass is 16.1. The molecule has 3 rings (SSSR count). The summed E-state index contributed by atoms with van der Waals surface area (Å²) in [5, 5.41) is 0.552. The second-order valence-corrected chi connectivity index (χ2v) is 5.06. The van der Waals surface area contributed by atoms with Crippen molar-refractivity contribution in [3.8, 4) is 0 Å². The number of nitrogens with zero attached hydrogens (tertiary/aromatic N) is 2. The van der Waals surface area contributed by atoms with Gasteiger partial charge in [0.05, 0.1) is 10.9 Å². The molecule has 19 heavy (non-hydrogen) atoms. The number of nitrogens with two attached hydrogens (primary N) is 1. The average molecular weight is 258 g/mol. The molecule has 1 atom stereocenters. The number of H-pyrrole nitrogens is 1. The van der Waals surface area contributed by atoms with E-state index in [1.165, 1.54) is 6.42 Å². The Morgan fingerprint density at radius 1 is 1.53 bits per heavy atom. The van der Waals surface area contributed by atoms with Crippen LogP contribution in [0.15, 0.2) is 23.0 Å². The third kappa shape index (κ3) is 2.05. The van der Waals surface area contributed by atoms with Gasteiger partial charge >= 0.3 is 0 Å². The Kier molecular flexibility index (Phi) is 2.89. The molecule has 0 amide bonds. The molecule has 0 saturated carbocycles. The molecule has 1 saturated heterocycles. The largest absolute Gasteiger partial charge is 0.399 e. The van der Waals surface area contributed by atoms with Crippen LogP contribution in [0.2, 0.25) is 0 Å². The molecule has 3 N–H and O–H groups in total. The van der Waals surface area contributed by atoms with Crippen LogP contribution in [-0.4, -0.2) is 22.6 Å². The van der Waals surface area contributed by atoms with Crippen molar-refractivity contribution in [3.63, 3.8) is 0 Å². The van der Waals surface area contributed by atoms with Crippen LogP contribution in [0.1, 0.15) is 26.2 Å². The fourth-order valence-electron chi connectivity index (χ4n) is 2.82. The molecule has 2 heterocycles. The van der Waals surface area contributed by atoms with Crippen LogP contribution >= 0.6 is 0 Å². The number of benzene rings is 1. The van der Waals surface area contributed by atoms with Gasteiger partial charge in [-0.05, 0) is 37.5 Å². The molecule has 0 radical (unpaired) electrons. The lowest BCUT2D eigenvalue weighted by atomic mass is 10.2. The highest BCUT2D eigenvalue weighted by molar-refractivity contribution is 5.81. The van der Waals surface area contributed by atoms with E-state index in [0.29, 0.717) is 28.6 Å². The maximum atomic E-state index is 12.1. The van der Waals surface area contributed by atoms with Gasteiger partial charge in [0.2, 0.25) is 5.95 Å². The zero-order valence-electron chi connectivity index (χ0n) is 11.0. The molecule has 1 fully saturated rings. The van der Waals surface area contributed by atoms with Crippen LogP contribution in [0.25, 0.3) is 10.9 Å². The average Bonchev–Trinajstić information content (AvgIpc) is 2.87. The lowest BCUT2D eigenvalue weighted by Gasteiger charge is -2.24. The summed E-state index contributed by atoms with van der Waals surface area (Å²) in [6.07, 6.45) is 3.39. The van der Waals surface area contributed by atoms with Crippen LogP contribution in [-0.2, 0) is 0 Å². The van der Waals surface area contributed by atoms with Gasteiger partial charge in [-0.1, -0.05) is 6.92 Å². The third-order valence-corrected chi connectivity index (χ3v) is 3.84. The van der Waals surface area contributed by atoms with Gasteiger partial charge in [-0.3, -0.25) is 9.78 Å². The lowest BCUT2D eigenvalue weighted by Crippen LogP contribution is -2.31. The maximum Gasteiger partial charge on any atom is 0.260 e. The highest BCUT2D eigenvalue weighted by Gasteiger charge is 2.25. The fraction of sp³-hybridized carbons (Fsp3) is 0.429. The van der Waals surface area contributed by atoms with Gasteiger partial charge in [0.1, 0.15) is 0 Å². The van der Waals surface area contributed by atoms with Crippen molar-refractivity contribution in [1.82, 2.24) is 9.97 Å². The molecule has 1 aliphatic heterocycles. The number of aromatic nitrogens is 2. The number of aromatic amines is 1. The zero-order valence-corrected chi connectivity index (χ0v) is 11.0. The van der Waals surface area contributed by atoms with Crippen LogP contribution in [0.5, 0.6) is 0 Å². The van der Waals surface area contributed by atoms with Crippen molar-refractivity contribution in [3.05, 3.63) is 28.6 Å². The summed E-state index contributed by atoms with van der Waals surface area (Å²) in [5.41, 5.74) is 6.88. The van der Waals surface area contributed by atoms with Crippen LogP contribution < -0.4 is 16.2 Å². The SMILES string of the molecule is CCC1CCCN1c1nc2ccc(N)cc2c(=O)[nH]1. The molecule has 1 aliphatic rings. The van der Waals surface area contributed by atoms with Gasteiger partial charge < -0.3 is 10.6 Å². The standard InChI is InChI=1S/C14H18N4O/c1-2-10-4-3-7-18(10)14-16-12-6-5-9(15)8-11(12)13(19)17-14/h5-6,8,10H,2-4,7,15H2,1H3,(H,16,17,19). The fourth-order valence-corrected chi connectivity index (χ4v) is 2.82. The molecule has 0 spiro atoms. The Morgan fingerprint density at radius 3 is 3.16 bits per heavy atom. The van der Waals surface area contributed by atoms with E-state index < -0.39 is 0 Å². The summed E-state index contributed by atoms with van der Waals surface area (Å²) in [6.45, 7) is 3.13. The van der Waals surface area contributed by atoms with Crippen molar-refractivity contribution in [2.24, 2.45) is 0 Å². The maximum absolute atomic E-state index is 12.1. The van der Waals surface area contributed by atoms with Crippen molar-refractivity contribution < 1.29 is 0 Å². The van der Waals surface area contributed by atoms with E-state index in [4.69, 9.17) is 5.73 Å². The molecule has 1 aromatic heterocycles. The number of hydrogen-bond acceptors (Lipinski definition) is 4. The Balaban J connectivity index is 2.11. The molecular formula is C14H18N4O. The number of rotatable bonds is 2. The summed E-state index contributed by atoms with van der Waals surface area (Å²) in [6, 6.07) is 5.74. The summed E-state index contributed by atoms with van der Waals surface area (Å²) in [4.78, 5) is 21.8.